The van der Waals surface area contributed by atoms with Crippen molar-refractivity contribution in [3.8, 4) is 6.01 Å². The van der Waals surface area contributed by atoms with Gasteiger partial charge in [-0.15, -0.1) is 11.3 Å². The molecule has 2 aromatic rings. The maximum Gasteiger partial charge on any atom is 0.318 e. The topological polar surface area (TPSA) is 67.3 Å². The smallest absolute Gasteiger partial charge is 0.318 e. The highest BCUT2D eigenvalue weighted by Crippen LogP contribution is 2.24. The van der Waals surface area contributed by atoms with Gasteiger partial charge in [0, 0.05) is 14.1 Å². The highest BCUT2D eigenvalue weighted by atomic mass is 32.1. The number of hydrogen-bond acceptors (Lipinski definition) is 6. The lowest BCUT2D eigenvalue weighted by Gasteiger charge is -2.16. The fourth-order valence-electron chi connectivity index (χ4n) is 1.48. The maximum atomic E-state index is 12.0. The number of nitrogens with zero attached hydrogens (tertiary/aromatic N) is 3. The Morgan fingerprint density at radius 1 is 1.47 bits per heavy atom. The molecule has 0 bridgehead atoms. The number of anilines is 2. The average Bonchev–Trinajstić information content (AvgIpc) is 2.92. The molecule has 0 radical (unpaired) electrons. The summed E-state index contributed by atoms with van der Waals surface area (Å²) in [5, 5.41) is 4.65. The van der Waals surface area contributed by atoms with Crippen molar-refractivity contribution in [1.82, 2.24) is 9.97 Å². The molecular weight excluding hydrogens is 264 g/mol. The minimum Gasteiger partial charge on any atom is -0.467 e. The van der Waals surface area contributed by atoms with Crippen molar-refractivity contribution in [3.63, 3.8) is 0 Å². The predicted molar refractivity (Wildman–Crippen MR) is 75.2 cm³/mol. The Kier molecular flexibility index (Phi) is 3.96. The minimum absolute atomic E-state index is 0.174. The fourth-order valence-corrected chi connectivity index (χ4v) is 2.10. The lowest BCUT2D eigenvalue weighted by atomic mass is 10.4. The molecule has 2 aromatic heterocycles. The Bertz CT molecular complexity index is 569. The van der Waals surface area contributed by atoms with Gasteiger partial charge in [0.1, 0.15) is 5.69 Å². The monoisotopic (exact) mass is 278 g/mol. The molecule has 2 heterocycles. The van der Waals surface area contributed by atoms with Crippen LogP contribution in [0.15, 0.2) is 23.7 Å². The van der Waals surface area contributed by atoms with Gasteiger partial charge in [-0.2, -0.15) is 4.98 Å². The second kappa shape index (κ2) is 5.66. The molecule has 0 aromatic carbocycles. The summed E-state index contributed by atoms with van der Waals surface area (Å²) in [4.78, 5) is 22.6. The van der Waals surface area contributed by atoms with E-state index in [-0.39, 0.29) is 11.9 Å². The summed E-state index contributed by atoms with van der Waals surface area (Å²) in [5.74, 6) is 0.420. The normalized spacial score (nSPS) is 10.1. The first kappa shape index (κ1) is 13.3. The number of rotatable bonds is 4. The van der Waals surface area contributed by atoms with E-state index in [1.165, 1.54) is 24.6 Å². The number of amides is 1. The summed E-state index contributed by atoms with van der Waals surface area (Å²) in [5.41, 5.74) is 0.546. The molecule has 100 valence electrons. The molecule has 7 heteroatoms. The predicted octanol–water partition coefficient (Wildman–Crippen LogP) is 1.86. The lowest BCUT2D eigenvalue weighted by Crippen LogP contribution is -2.18. The zero-order valence-corrected chi connectivity index (χ0v) is 11.7. The Labute approximate surface area is 115 Å². The van der Waals surface area contributed by atoms with Crippen LogP contribution in [0.4, 0.5) is 11.5 Å². The maximum absolute atomic E-state index is 12.0. The van der Waals surface area contributed by atoms with Crippen molar-refractivity contribution < 1.29 is 9.53 Å². The van der Waals surface area contributed by atoms with Crippen molar-refractivity contribution in [2.24, 2.45) is 0 Å². The number of hydrogen-bond donors (Lipinski definition) is 1. The van der Waals surface area contributed by atoms with E-state index in [0.29, 0.717) is 16.4 Å². The Morgan fingerprint density at radius 2 is 2.26 bits per heavy atom. The summed E-state index contributed by atoms with van der Waals surface area (Å²) in [6.45, 7) is 0. The zero-order valence-electron chi connectivity index (χ0n) is 10.9. The van der Waals surface area contributed by atoms with Gasteiger partial charge in [-0.1, -0.05) is 6.07 Å². The molecule has 0 aliphatic carbocycles. The molecule has 19 heavy (non-hydrogen) atoms. The molecule has 0 saturated carbocycles. The van der Waals surface area contributed by atoms with Crippen LogP contribution in [0.2, 0.25) is 0 Å². The van der Waals surface area contributed by atoms with E-state index < -0.39 is 0 Å². The van der Waals surface area contributed by atoms with E-state index in [4.69, 9.17) is 4.74 Å². The van der Waals surface area contributed by atoms with Crippen LogP contribution in [-0.4, -0.2) is 37.1 Å². The third-order valence-electron chi connectivity index (χ3n) is 2.35. The van der Waals surface area contributed by atoms with Crippen molar-refractivity contribution in [1.29, 1.82) is 0 Å². The Hall–Kier alpha value is -2.15. The minimum atomic E-state index is -0.174. The quantitative estimate of drug-likeness (QED) is 0.924. The third kappa shape index (κ3) is 3.00. The summed E-state index contributed by atoms with van der Waals surface area (Å²) in [7, 11) is 5.17. The Balaban J connectivity index is 2.27. The van der Waals surface area contributed by atoms with Crippen molar-refractivity contribution in [2.75, 3.05) is 31.4 Å². The molecule has 0 spiro atoms. The second-order valence-corrected chi connectivity index (χ2v) is 4.87. The van der Waals surface area contributed by atoms with Crippen molar-refractivity contribution in [2.45, 2.75) is 0 Å². The summed E-state index contributed by atoms with van der Waals surface area (Å²) < 4.78 is 4.98. The number of nitrogens with one attached hydrogen (secondary N) is 1. The van der Waals surface area contributed by atoms with E-state index in [1.54, 1.807) is 11.0 Å². The molecule has 2 rings (SSSR count). The molecular formula is C12H14N4O2S. The van der Waals surface area contributed by atoms with Crippen LogP contribution in [0.25, 0.3) is 0 Å². The van der Waals surface area contributed by atoms with Gasteiger partial charge in [-0.25, -0.2) is 4.98 Å². The van der Waals surface area contributed by atoms with Crippen LogP contribution in [-0.2, 0) is 0 Å². The largest absolute Gasteiger partial charge is 0.467 e. The van der Waals surface area contributed by atoms with E-state index in [9.17, 15) is 4.79 Å². The molecule has 1 amide bonds. The fraction of sp³-hybridized carbons (Fsp3) is 0.250. The van der Waals surface area contributed by atoms with Crippen molar-refractivity contribution >= 4 is 28.7 Å². The summed E-state index contributed by atoms with van der Waals surface area (Å²) in [6.07, 6.45) is 1.53. The van der Waals surface area contributed by atoms with Gasteiger partial charge in [0.05, 0.1) is 18.2 Å². The average molecular weight is 278 g/mol. The highest BCUT2D eigenvalue weighted by Gasteiger charge is 2.14. The number of thiophene rings is 1. The van der Waals surface area contributed by atoms with Gasteiger partial charge >= 0.3 is 6.01 Å². The number of aromatic nitrogens is 2. The van der Waals surface area contributed by atoms with Crippen LogP contribution < -0.4 is 15.0 Å². The molecule has 0 atom stereocenters. The molecule has 6 nitrogen and oxygen atoms in total. The standard InChI is InChI=1S/C12H14N4O2S/c1-16(2)10-8(7-13-12(15-10)18-3)14-11(17)9-5-4-6-19-9/h4-7H,1-3H3,(H,14,17). The number of carbonyl (C=O) groups is 1. The second-order valence-electron chi connectivity index (χ2n) is 3.92. The van der Waals surface area contributed by atoms with Crippen LogP contribution >= 0.6 is 11.3 Å². The highest BCUT2D eigenvalue weighted by molar-refractivity contribution is 7.12. The number of ether oxygens (including phenoxy) is 1. The van der Waals surface area contributed by atoms with Gasteiger partial charge in [-0.05, 0) is 11.4 Å². The summed E-state index contributed by atoms with van der Waals surface area (Å²) in [6, 6.07) is 3.86. The number of methoxy groups -OCH3 is 1. The van der Waals surface area contributed by atoms with E-state index in [0.717, 1.165) is 0 Å². The van der Waals surface area contributed by atoms with E-state index in [2.05, 4.69) is 15.3 Å². The first-order valence-corrected chi connectivity index (χ1v) is 6.43. The van der Waals surface area contributed by atoms with Crippen LogP contribution in [0, 0.1) is 0 Å². The van der Waals surface area contributed by atoms with Gasteiger partial charge in [-0.3, -0.25) is 4.79 Å². The van der Waals surface area contributed by atoms with E-state index in [1.807, 2.05) is 25.5 Å². The molecule has 0 saturated heterocycles. The molecule has 0 fully saturated rings. The molecule has 0 aliphatic rings. The molecule has 0 unspecified atom stereocenters. The Morgan fingerprint density at radius 3 is 2.84 bits per heavy atom. The first-order valence-electron chi connectivity index (χ1n) is 5.55. The summed E-state index contributed by atoms with van der Waals surface area (Å²) >= 11 is 1.38. The van der Waals surface area contributed by atoms with Gasteiger partial charge in [0.15, 0.2) is 5.82 Å². The van der Waals surface area contributed by atoms with Crippen LogP contribution in [0.5, 0.6) is 6.01 Å². The molecule has 0 aliphatic heterocycles. The van der Waals surface area contributed by atoms with E-state index >= 15 is 0 Å². The first-order chi connectivity index (χ1) is 9.11. The van der Waals surface area contributed by atoms with Crippen LogP contribution in [0.3, 0.4) is 0 Å². The van der Waals surface area contributed by atoms with Crippen LogP contribution in [0.1, 0.15) is 9.67 Å². The third-order valence-corrected chi connectivity index (χ3v) is 3.21. The zero-order chi connectivity index (χ0) is 13.8. The SMILES string of the molecule is COc1ncc(NC(=O)c2cccs2)c(N(C)C)n1. The lowest BCUT2D eigenvalue weighted by molar-refractivity contribution is 0.103. The van der Waals surface area contributed by atoms with Gasteiger partial charge in [0.2, 0.25) is 0 Å². The number of carbonyl (C=O) groups excluding carboxylic acids is 1. The van der Waals surface area contributed by atoms with Crippen molar-refractivity contribution in [3.05, 3.63) is 28.6 Å². The molecule has 1 N–H and O–H groups in total. The van der Waals surface area contributed by atoms with Gasteiger partial charge in [0.25, 0.3) is 5.91 Å². The van der Waals surface area contributed by atoms with Gasteiger partial charge < -0.3 is 15.0 Å².